The number of nitrogens with one attached hydrogen (secondary N) is 1. The average Bonchev–Trinajstić information content (AvgIpc) is 3.32. The third-order valence-electron chi connectivity index (χ3n) is 4.57. The second-order valence-electron chi connectivity index (χ2n) is 6.82. The van der Waals surface area contributed by atoms with E-state index < -0.39 is 0 Å². The number of rotatable bonds is 4. The van der Waals surface area contributed by atoms with Crippen LogP contribution in [0.5, 0.6) is 0 Å². The van der Waals surface area contributed by atoms with Crippen molar-refractivity contribution in [3.63, 3.8) is 0 Å². The average molecular weight is 337 g/mol. The summed E-state index contributed by atoms with van der Waals surface area (Å²) in [4.78, 5) is 17.1. The smallest absolute Gasteiger partial charge is 0.226 e. The summed E-state index contributed by atoms with van der Waals surface area (Å²) in [5.74, 6) is -0.234. The quantitative estimate of drug-likeness (QED) is 0.791. The number of pyridine rings is 1. The fourth-order valence-corrected chi connectivity index (χ4v) is 3.05. The Morgan fingerprint density at radius 3 is 2.80 bits per heavy atom. The molecule has 0 bridgehead atoms. The van der Waals surface area contributed by atoms with Gasteiger partial charge in [-0.25, -0.2) is 9.37 Å². The maximum absolute atomic E-state index is 13.6. The molecule has 5 heteroatoms. The molecule has 1 aliphatic carbocycles. The van der Waals surface area contributed by atoms with E-state index in [0.717, 1.165) is 41.0 Å². The molecular weight excluding hydrogens is 317 g/mol. The van der Waals surface area contributed by atoms with Gasteiger partial charge in [-0.1, -0.05) is 6.07 Å². The van der Waals surface area contributed by atoms with E-state index in [2.05, 4.69) is 5.32 Å². The molecule has 25 heavy (non-hydrogen) atoms. The summed E-state index contributed by atoms with van der Waals surface area (Å²) in [6.45, 7) is 3.74. The van der Waals surface area contributed by atoms with Crippen LogP contribution in [0, 0.1) is 19.7 Å². The molecule has 0 radical (unpaired) electrons. The number of halogens is 1. The summed E-state index contributed by atoms with van der Waals surface area (Å²) >= 11 is 0. The van der Waals surface area contributed by atoms with Gasteiger partial charge in [-0.2, -0.15) is 0 Å². The van der Waals surface area contributed by atoms with Crippen LogP contribution in [0.25, 0.3) is 16.9 Å². The van der Waals surface area contributed by atoms with Crippen LogP contribution in [0.3, 0.4) is 0 Å². The second-order valence-corrected chi connectivity index (χ2v) is 6.82. The van der Waals surface area contributed by atoms with E-state index in [-0.39, 0.29) is 18.1 Å². The Bertz CT molecular complexity index is 972. The lowest BCUT2D eigenvalue weighted by molar-refractivity contribution is -0.120. The van der Waals surface area contributed by atoms with Gasteiger partial charge in [0, 0.05) is 17.8 Å². The maximum atomic E-state index is 13.6. The molecule has 1 N–H and O–H groups in total. The zero-order chi connectivity index (χ0) is 17.6. The molecule has 4 nitrogen and oxygen atoms in total. The predicted octanol–water partition coefficient (Wildman–Crippen LogP) is 3.58. The van der Waals surface area contributed by atoms with Gasteiger partial charge in [0.15, 0.2) is 0 Å². The summed E-state index contributed by atoms with van der Waals surface area (Å²) in [5.41, 5.74) is 4.85. The van der Waals surface area contributed by atoms with Gasteiger partial charge < -0.3 is 9.72 Å². The maximum Gasteiger partial charge on any atom is 0.226 e. The van der Waals surface area contributed by atoms with Gasteiger partial charge in [0.1, 0.15) is 11.5 Å². The van der Waals surface area contributed by atoms with Crippen LogP contribution >= 0.6 is 0 Å². The van der Waals surface area contributed by atoms with E-state index in [9.17, 15) is 9.18 Å². The Kier molecular flexibility index (Phi) is 3.79. The summed E-state index contributed by atoms with van der Waals surface area (Å²) < 4.78 is 15.6. The lowest BCUT2D eigenvalue weighted by Gasteiger charge is -2.08. The number of benzene rings is 1. The van der Waals surface area contributed by atoms with Crippen LogP contribution in [-0.4, -0.2) is 21.3 Å². The number of aromatic nitrogens is 2. The Hall–Kier alpha value is -2.69. The number of imidazole rings is 1. The summed E-state index contributed by atoms with van der Waals surface area (Å²) in [6, 6.07) is 9.22. The first-order valence-electron chi connectivity index (χ1n) is 8.55. The molecule has 0 atom stereocenters. The van der Waals surface area contributed by atoms with Crippen molar-refractivity contribution in [2.75, 3.05) is 0 Å². The van der Waals surface area contributed by atoms with E-state index >= 15 is 0 Å². The largest absolute Gasteiger partial charge is 0.353 e. The molecule has 128 valence electrons. The fourth-order valence-electron chi connectivity index (χ4n) is 3.05. The normalized spacial score (nSPS) is 14.0. The Labute approximate surface area is 145 Å². The van der Waals surface area contributed by atoms with Gasteiger partial charge in [-0.05, 0) is 62.1 Å². The number of aryl methyl sites for hydroxylation is 2. The first-order valence-corrected chi connectivity index (χ1v) is 8.55. The molecule has 1 amide bonds. The molecule has 3 aromatic rings. The lowest BCUT2D eigenvalue weighted by atomic mass is 10.1. The Morgan fingerprint density at radius 1 is 1.28 bits per heavy atom. The number of fused-ring (bicyclic) bond motifs is 1. The van der Waals surface area contributed by atoms with E-state index in [4.69, 9.17) is 4.98 Å². The van der Waals surface area contributed by atoms with Crippen molar-refractivity contribution < 1.29 is 9.18 Å². The van der Waals surface area contributed by atoms with Crippen LogP contribution < -0.4 is 5.32 Å². The van der Waals surface area contributed by atoms with Crippen LogP contribution in [0.4, 0.5) is 4.39 Å². The third kappa shape index (κ3) is 3.14. The standard InChI is InChI=1S/C20H20FN3O/c1-12-3-8-18-23-20(14-4-7-16(21)13(2)9-14)17(24(18)11-12)10-19(25)22-15-5-6-15/h3-4,7-9,11,15H,5-6,10H2,1-2H3,(H,22,25). The molecule has 0 aliphatic heterocycles. The van der Waals surface area contributed by atoms with Crippen LogP contribution in [-0.2, 0) is 11.2 Å². The Morgan fingerprint density at radius 2 is 2.08 bits per heavy atom. The molecular formula is C20H20FN3O. The van der Waals surface area contributed by atoms with Gasteiger partial charge in [-0.3, -0.25) is 4.79 Å². The number of nitrogens with zero attached hydrogens (tertiary/aromatic N) is 2. The predicted molar refractivity (Wildman–Crippen MR) is 94.9 cm³/mol. The number of amides is 1. The minimum Gasteiger partial charge on any atom is -0.353 e. The van der Waals surface area contributed by atoms with Gasteiger partial charge in [0.05, 0.1) is 17.8 Å². The lowest BCUT2D eigenvalue weighted by Crippen LogP contribution is -2.27. The molecule has 4 rings (SSSR count). The minimum absolute atomic E-state index is 0.00545. The van der Waals surface area contributed by atoms with Crippen LogP contribution in [0.2, 0.25) is 0 Å². The van der Waals surface area contributed by atoms with Gasteiger partial charge in [0.25, 0.3) is 0 Å². The van der Waals surface area contributed by atoms with E-state index in [1.807, 2.05) is 29.7 Å². The number of hydrogen-bond acceptors (Lipinski definition) is 2. The van der Waals surface area contributed by atoms with Crippen molar-refractivity contribution in [1.29, 1.82) is 0 Å². The molecule has 1 saturated carbocycles. The van der Waals surface area contributed by atoms with Gasteiger partial charge in [-0.15, -0.1) is 0 Å². The fraction of sp³-hybridized carbons (Fsp3) is 0.300. The molecule has 1 aliphatic rings. The number of carbonyl (C=O) groups is 1. The first-order chi connectivity index (χ1) is 12.0. The van der Waals surface area contributed by atoms with Crippen molar-refractivity contribution in [1.82, 2.24) is 14.7 Å². The molecule has 1 fully saturated rings. The van der Waals surface area contributed by atoms with E-state index in [1.165, 1.54) is 6.07 Å². The van der Waals surface area contributed by atoms with E-state index in [1.54, 1.807) is 19.1 Å². The number of carbonyl (C=O) groups excluding carboxylic acids is 1. The summed E-state index contributed by atoms with van der Waals surface area (Å²) in [6.07, 6.45) is 4.36. The van der Waals surface area contributed by atoms with Crippen molar-refractivity contribution in [3.05, 3.63) is 59.2 Å². The molecule has 2 heterocycles. The highest BCUT2D eigenvalue weighted by Crippen LogP contribution is 2.27. The minimum atomic E-state index is -0.239. The monoisotopic (exact) mass is 337 g/mol. The van der Waals surface area contributed by atoms with E-state index in [0.29, 0.717) is 11.6 Å². The van der Waals surface area contributed by atoms with Crippen molar-refractivity contribution >= 4 is 11.6 Å². The summed E-state index contributed by atoms with van der Waals surface area (Å²) in [7, 11) is 0. The van der Waals surface area contributed by atoms with Crippen molar-refractivity contribution in [2.45, 2.75) is 39.2 Å². The van der Waals surface area contributed by atoms with Crippen molar-refractivity contribution in [2.24, 2.45) is 0 Å². The highest BCUT2D eigenvalue weighted by Gasteiger charge is 2.25. The van der Waals surface area contributed by atoms with Gasteiger partial charge in [0.2, 0.25) is 5.91 Å². The third-order valence-corrected chi connectivity index (χ3v) is 4.57. The van der Waals surface area contributed by atoms with Gasteiger partial charge >= 0.3 is 0 Å². The zero-order valence-corrected chi connectivity index (χ0v) is 14.3. The summed E-state index contributed by atoms with van der Waals surface area (Å²) in [5, 5.41) is 3.03. The molecule has 0 saturated heterocycles. The highest BCUT2D eigenvalue weighted by atomic mass is 19.1. The molecule has 2 aromatic heterocycles. The highest BCUT2D eigenvalue weighted by molar-refractivity contribution is 5.82. The SMILES string of the molecule is Cc1ccc2nc(-c3ccc(F)c(C)c3)c(CC(=O)NC3CC3)n2c1. The molecule has 0 unspecified atom stereocenters. The van der Waals surface area contributed by atoms with Crippen molar-refractivity contribution in [3.8, 4) is 11.3 Å². The zero-order valence-electron chi connectivity index (χ0n) is 14.3. The number of hydrogen-bond donors (Lipinski definition) is 1. The molecule has 0 spiro atoms. The Balaban J connectivity index is 1.82. The first kappa shape index (κ1) is 15.8. The van der Waals surface area contributed by atoms with Crippen LogP contribution in [0.15, 0.2) is 36.5 Å². The van der Waals surface area contributed by atoms with Crippen LogP contribution in [0.1, 0.15) is 29.7 Å². The topological polar surface area (TPSA) is 46.4 Å². The molecule has 1 aromatic carbocycles. The second kappa shape index (κ2) is 5.99.